The number of furan rings is 1. The summed E-state index contributed by atoms with van der Waals surface area (Å²) in [5, 5.41) is 12.9. The lowest BCUT2D eigenvalue weighted by molar-refractivity contribution is -0.117. The van der Waals surface area contributed by atoms with Crippen LogP contribution in [0.1, 0.15) is 48.4 Å². The van der Waals surface area contributed by atoms with E-state index in [1.807, 2.05) is 6.92 Å². The van der Waals surface area contributed by atoms with Gasteiger partial charge in [-0.1, -0.05) is 0 Å². The van der Waals surface area contributed by atoms with Crippen molar-refractivity contribution in [2.75, 3.05) is 11.4 Å². The normalized spacial score (nSPS) is 16.7. The van der Waals surface area contributed by atoms with E-state index in [9.17, 15) is 14.7 Å². The number of aliphatic hydroxyl groups excluding tert-OH is 1. The first kappa shape index (κ1) is 17.2. The van der Waals surface area contributed by atoms with E-state index < -0.39 is 6.10 Å². The van der Waals surface area contributed by atoms with Crippen LogP contribution in [0.25, 0.3) is 0 Å². The minimum atomic E-state index is -0.756. The Balaban J connectivity index is 1.56. The van der Waals surface area contributed by atoms with Gasteiger partial charge in [0.05, 0.1) is 6.26 Å². The van der Waals surface area contributed by atoms with Crippen molar-refractivity contribution in [2.24, 2.45) is 0 Å². The molecule has 1 aromatic heterocycles. The molecular weight excluding hydrogens is 320 g/mol. The average molecular weight is 342 g/mol. The number of carbonyl (C=O) groups is 2. The van der Waals surface area contributed by atoms with Gasteiger partial charge in [-0.3, -0.25) is 9.59 Å². The zero-order chi connectivity index (χ0) is 17.8. The smallest absolute Gasteiger partial charge is 0.251 e. The van der Waals surface area contributed by atoms with Crippen LogP contribution < -0.4 is 10.2 Å². The Kier molecular flexibility index (Phi) is 5.19. The Morgan fingerprint density at radius 3 is 2.68 bits per heavy atom. The molecule has 2 atom stereocenters. The van der Waals surface area contributed by atoms with Crippen LogP contribution in [0.4, 0.5) is 5.69 Å². The summed E-state index contributed by atoms with van der Waals surface area (Å²) in [4.78, 5) is 25.8. The van der Waals surface area contributed by atoms with Crippen molar-refractivity contribution in [3.8, 4) is 0 Å². The number of anilines is 1. The number of carbonyl (C=O) groups excluding carboxylic acids is 2. The second-order valence-corrected chi connectivity index (χ2v) is 6.34. The van der Waals surface area contributed by atoms with Crippen molar-refractivity contribution < 1.29 is 19.1 Å². The van der Waals surface area contributed by atoms with Gasteiger partial charge in [0.1, 0.15) is 11.9 Å². The fourth-order valence-corrected chi connectivity index (χ4v) is 3.01. The maximum absolute atomic E-state index is 12.3. The number of rotatable bonds is 6. The van der Waals surface area contributed by atoms with E-state index >= 15 is 0 Å². The molecule has 1 aliphatic heterocycles. The van der Waals surface area contributed by atoms with Gasteiger partial charge in [-0.2, -0.15) is 0 Å². The van der Waals surface area contributed by atoms with E-state index in [4.69, 9.17) is 4.42 Å². The summed E-state index contributed by atoms with van der Waals surface area (Å²) in [6, 6.07) is 10.2. The molecule has 2 amide bonds. The Labute approximate surface area is 146 Å². The maximum Gasteiger partial charge on any atom is 0.251 e. The summed E-state index contributed by atoms with van der Waals surface area (Å²) >= 11 is 0. The zero-order valence-electron chi connectivity index (χ0n) is 14.1. The molecule has 0 spiro atoms. The average Bonchev–Trinajstić information content (AvgIpc) is 3.26. The number of nitrogens with zero attached hydrogens (tertiary/aromatic N) is 1. The summed E-state index contributed by atoms with van der Waals surface area (Å²) in [5.74, 6) is 0.400. The van der Waals surface area contributed by atoms with Gasteiger partial charge in [0.15, 0.2) is 0 Å². The van der Waals surface area contributed by atoms with Crippen molar-refractivity contribution in [1.29, 1.82) is 0 Å². The minimum Gasteiger partial charge on any atom is -0.467 e. The Bertz CT molecular complexity index is 724. The highest BCUT2D eigenvalue weighted by atomic mass is 16.4. The molecule has 1 aromatic carbocycles. The van der Waals surface area contributed by atoms with Gasteiger partial charge >= 0.3 is 0 Å². The molecule has 1 saturated heterocycles. The first-order valence-corrected chi connectivity index (χ1v) is 8.47. The van der Waals surface area contributed by atoms with Crippen molar-refractivity contribution in [1.82, 2.24) is 5.32 Å². The third-order valence-corrected chi connectivity index (χ3v) is 4.34. The molecule has 25 heavy (non-hydrogen) atoms. The Morgan fingerprint density at radius 1 is 1.32 bits per heavy atom. The SMILES string of the molecule is CC(CC(O)c1ccco1)NC(=O)c1ccc(N2CCCC2=O)cc1. The number of nitrogens with one attached hydrogen (secondary N) is 1. The highest BCUT2D eigenvalue weighted by molar-refractivity contribution is 5.97. The van der Waals surface area contributed by atoms with E-state index in [1.54, 1.807) is 41.3 Å². The van der Waals surface area contributed by atoms with E-state index in [0.29, 0.717) is 24.2 Å². The van der Waals surface area contributed by atoms with Gasteiger partial charge in [-0.15, -0.1) is 0 Å². The monoisotopic (exact) mass is 342 g/mol. The van der Waals surface area contributed by atoms with Gasteiger partial charge in [0.2, 0.25) is 5.91 Å². The number of hydrogen-bond donors (Lipinski definition) is 2. The van der Waals surface area contributed by atoms with Gasteiger partial charge in [0, 0.05) is 36.7 Å². The molecule has 0 radical (unpaired) electrons. The van der Waals surface area contributed by atoms with Gasteiger partial charge < -0.3 is 19.7 Å². The lowest BCUT2D eigenvalue weighted by Crippen LogP contribution is -2.33. The summed E-state index contributed by atoms with van der Waals surface area (Å²) in [7, 11) is 0. The fraction of sp³-hybridized carbons (Fsp3) is 0.368. The topological polar surface area (TPSA) is 82.8 Å². The van der Waals surface area contributed by atoms with E-state index in [1.165, 1.54) is 6.26 Å². The summed E-state index contributed by atoms with van der Waals surface area (Å²) < 4.78 is 5.16. The van der Waals surface area contributed by atoms with Gasteiger partial charge in [-0.05, 0) is 49.7 Å². The lowest BCUT2D eigenvalue weighted by atomic mass is 10.1. The molecular formula is C19H22N2O4. The molecule has 2 N–H and O–H groups in total. The van der Waals surface area contributed by atoms with Crippen LogP contribution >= 0.6 is 0 Å². The van der Waals surface area contributed by atoms with Crippen LogP contribution in [0.2, 0.25) is 0 Å². The molecule has 6 heteroatoms. The van der Waals surface area contributed by atoms with E-state index in [0.717, 1.165) is 18.7 Å². The van der Waals surface area contributed by atoms with Crippen molar-refractivity contribution in [3.05, 3.63) is 54.0 Å². The summed E-state index contributed by atoms with van der Waals surface area (Å²) in [6.45, 7) is 2.56. The summed E-state index contributed by atoms with van der Waals surface area (Å²) in [5.41, 5.74) is 1.34. The van der Waals surface area contributed by atoms with Crippen molar-refractivity contribution in [2.45, 2.75) is 38.3 Å². The van der Waals surface area contributed by atoms with Crippen LogP contribution in [-0.2, 0) is 4.79 Å². The molecule has 3 rings (SSSR count). The van der Waals surface area contributed by atoms with Gasteiger partial charge in [-0.25, -0.2) is 0 Å². The standard InChI is InChI=1S/C19H22N2O4/c1-13(12-16(22)17-4-3-11-25-17)20-19(24)14-6-8-15(9-7-14)21-10-2-5-18(21)23/h3-4,6-9,11,13,16,22H,2,5,10,12H2,1H3,(H,20,24). The molecule has 0 saturated carbocycles. The number of hydrogen-bond acceptors (Lipinski definition) is 4. The minimum absolute atomic E-state index is 0.123. The molecule has 2 aromatic rings. The maximum atomic E-state index is 12.3. The second-order valence-electron chi connectivity index (χ2n) is 6.34. The van der Waals surface area contributed by atoms with Crippen LogP contribution in [-0.4, -0.2) is 29.5 Å². The summed E-state index contributed by atoms with van der Waals surface area (Å²) in [6.07, 6.45) is 2.57. The lowest BCUT2D eigenvalue weighted by Gasteiger charge is -2.18. The molecule has 0 bridgehead atoms. The van der Waals surface area contributed by atoms with Crippen LogP contribution in [0.5, 0.6) is 0 Å². The van der Waals surface area contributed by atoms with Crippen LogP contribution in [0.3, 0.4) is 0 Å². The second kappa shape index (κ2) is 7.53. The predicted molar refractivity (Wildman–Crippen MR) is 93.2 cm³/mol. The van der Waals surface area contributed by atoms with Crippen LogP contribution in [0.15, 0.2) is 47.1 Å². The third kappa shape index (κ3) is 4.09. The van der Waals surface area contributed by atoms with Crippen molar-refractivity contribution >= 4 is 17.5 Å². The molecule has 0 aliphatic carbocycles. The number of amides is 2. The molecule has 1 aliphatic rings. The molecule has 2 heterocycles. The van der Waals surface area contributed by atoms with Crippen LogP contribution in [0, 0.1) is 0 Å². The Morgan fingerprint density at radius 2 is 2.08 bits per heavy atom. The number of aliphatic hydroxyl groups is 1. The fourth-order valence-electron chi connectivity index (χ4n) is 3.01. The van der Waals surface area contributed by atoms with E-state index in [-0.39, 0.29) is 17.9 Å². The quantitative estimate of drug-likeness (QED) is 0.845. The largest absolute Gasteiger partial charge is 0.467 e. The highest BCUT2D eigenvalue weighted by Gasteiger charge is 2.22. The molecule has 1 fully saturated rings. The molecule has 132 valence electrons. The molecule has 2 unspecified atom stereocenters. The van der Waals surface area contributed by atoms with E-state index in [2.05, 4.69) is 5.32 Å². The van der Waals surface area contributed by atoms with Crippen molar-refractivity contribution in [3.63, 3.8) is 0 Å². The number of benzene rings is 1. The first-order chi connectivity index (χ1) is 12.0. The third-order valence-electron chi connectivity index (χ3n) is 4.34. The Hall–Kier alpha value is -2.60. The first-order valence-electron chi connectivity index (χ1n) is 8.47. The highest BCUT2D eigenvalue weighted by Crippen LogP contribution is 2.22. The van der Waals surface area contributed by atoms with Gasteiger partial charge in [0.25, 0.3) is 5.91 Å². The molecule has 6 nitrogen and oxygen atoms in total. The zero-order valence-corrected chi connectivity index (χ0v) is 14.1. The predicted octanol–water partition coefficient (Wildman–Crippen LogP) is 2.65.